The predicted octanol–water partition coefficient (Wildman–Crippen LogP) is 3.74. The molecule has 3 nitrogen and oxygen atoms in total. The van der Waals surface area contributed by atoms with Crippen molar-refractivity contribution in [2.75, 3.05) is 11.9 Å². The molecule has 0 bridgehead atoms. The molecular weight excluding hydrogens is 310 g/mol. The lowest BCUT2D eigenvalue weighted by Gasteiger charge is -2.08. The molecule has 6 heteroatoms. The van der Waals surface area contributed by atoms with E-state index in [1.54, 1.807) is 12.1 Å². The van der Waals surface area contributed by atoms with Gasteiger partial charge >= 0.3 is 0 Å². The van der Waals surface area contributed by atoms with Crippen molar-refractivity contribution in [1.29, 1.82) is 0 Å². The molecule has 2 aromatic rings. The Hall–Kier alpha value is -2.14. The Kier molecular flexibility index (Phi) is 5.72. The van der Waals surface area contributed by atoms with E-state index in [1.165, 1.54) is 6.07 Å². The third kappa shape index (κ3) is 5.00. The van der Waals surface area contributed by atoms with Crippen LogP contribution in [0.5, 0.6) is 0 Å². The average molecular weight is 325 g/mol. The van der Waals surface area contributed by atoms with E-state index >= 15 is 0 Å². The molecule has 2 N–H and O–H groups in total. The smallest absolute Gasteiger partial charge is 0.222 e. The molecule has 0 aromatic heterocycles. The number of hydrogen-bond donors (Lipinski definition) is 2. The Labute approximate surface area is 132 Å². The number of carbonyl (C=O) groups is 1. The summed E-state index contributed by atoms with van der Waals surface area (Å²) >= 11 is 5.77. The largest absolute Gasteiger partial charge is 0.382 e. The number of benzene rings is 2. The van der Waals surface area contributed by atoms with Gasteiger partial charge in [-0.05, 0) is 29.8 Å². The van der Waals surface area contributed by atoms with E-state index in [1.807, 2.05) is 12.1 Å². The Balaban J connectivity index is 1.72. The van der Waals surface area contributed by atoms with Crippen LogP contribution in [0, 0.1) is 11.6 Å². The lowest BCUT2D eigenvalue weighted by Crippen LogP contribution is -2.24. The Morgan fingerprint density at radius 1 is 1.09 bits per heavy atom. The number of anilines is 1. The first-order valence-electron chi connectivity index (χ1n) is 6.74. The van der Waals surface area contributed by atoms with Crippen molar-refractivity contribution < 1.29 is 13.6 Å². The zero-order valence-electron chi connectivity index (χ0n) is 11.7. The molecule has 0 saturated heterocycles. The summed E-state index contributed by atoms with van der Waals surface area (Å²) in [7, 11) is 0. The maximum atomic E-state index is 13.4. The molecule has 0 fully saturated rings. The van der Waals surface area contributed by atoms with Gasteiger partial charge < -0.3 is 10.6 Å². The fourth-order valence-corrected chi connectivity index (χ4v) is 1.96. The van der Waals surface area contributed by atoms with Crippen molar-refractivity contribution in [1.82, 2.24) is 5.32 Å². The lowest BCUT2D eigenvalue weighted by molar-refractivity contribution is -0.121. The average Bonchev–Trinajstić information content (AvgIpc) is 2.49. The maximum absolute atomic E-state index is 13.4. The highest BCUT2D eigenvalue weighted by Crippen LogP contribution is 2.14. The van der Waals surface area contributed by atoms with Crippen molar-refractivity contribution in [3.63, 3.8) is 0 Å². The van der Waals surface area contributed by atoms with Crippen LogP contribution >= 0.6 is 11.6 Å². The van der Waals surface area contributed by atoms with Crippen LogP contribution in [0.1, 0.15) is 12.0 Å². The highest BCUT2D eigenvalue weighted by atomic mass is 35.5. The zero-order valence-corrected chi connectivity index (χ0v) is 12.5. The van der Waals surface area contributed by atoms with Gasteiger partial charge in [-0.1, -0.05) is 23.7 Å². The van der Waals surface area contributed by atoms with Crippen LogP contribution in [0.3, 0.4) is 0 Å². The molecule has 0 heterocycles. The molecule has 116 valence electrons. The van der Waals surface area contributed by atoms with Crippen LogP contribution < -0.4 is 10.6 Å². The summed E-state index contributed by atoms with van der Waals surface area (Å²) < 4.78 is 26.1. The predicted molar refractivity (Wildman–Crippen MR) is 82.8 cm³/mol. The number of nitrogens with one attached hydrogen (secondary N) is 2. The summed E-state index contributed by atoms with van der Waals surface area (Å²) in [6.45, 7) is 0.663. The molecule has 0 radical (unpaired) electrons. The molecule has 0 atom stereocenters. The number of amides is 1. The van der Waals surface area contributed by atoms with Crippen LogP contribution in [-0.4, -0.2) is 12.5 Å². The van der Waals surface area contributed by atoms with Crippen molar-refractivity contribution in [2.24, 2.45) is 0 Å². The fraction of sp³-hybridized carbons (Fsp3) is 0.188. The van der Waals surface area contributed by atoms with Crippen LogP contribution in [0.25, 0.3) is 0 Å². The Morgan fingerprint density at radius 3 is 2.50 bits per heavy atom. The SMILES string of the molecule is O=C(CCNc1ccc(F)cc1F)NCc1ccc(Cl)cc1. The second-order valence-corrected chi connectivity index (χ2v) is 5.14. The number of hydrogen-bond acceptors (Lipinski definition) is 2. The molecule has 0 aliphatic carbocycles. The van der Waals surface area contributed by atoms with Crippen LogP contribution in [0.4, 0.5) is 14.5 Å². The summed E-state index contributed by atoms with van der Waals surface area (Å²) in [4.78, 5) is 11.7. The Bertz CT molecular complexity index is 647. The minimum Gasteiger partial charge on any atom is -0.382 e. The van der Waals surface area contributed by atoms with Gasteiger partial charge in [0.25, 0.3) is 0 Å². The van der Waals surface area contributed by atoms with E-state index in [-0.39, 0.29) is 24.6 Å². The Morgan fingerprint density at radius 2 is 1.82 bits per heavy atom. The van der Waals surface area contributed by atoms with Crippen molar-refractivity contribution in [2.45, 2.75) is 13.0 Å². The van der Waals surface area contributed by atoms with E-state index in [4.69, 9.17) is 11.6 Å². The van der Waals surface area contributed by atoms with E-state index in [0.717, 1.165) is 17.7 Å². The number of halogens is 3. The van der Waals surface area contributed by atoms with Gasteiger partial charge in [-0.25, -0.2) is 8.78 Å². The molecule has 0 aliphatic heterocycles. The first-order chi connectivity index (χ1) is 10.5. The minimum absolute atomic E-state index is 0.162. The lowest BCUT2D eigenvalue weighted by atomic mass is 10.2. The number of carbonyl (C=O) groups excluding carboxylic acids is 1. The quantitative estimate of drug-likeness (QED) is 0.850. The van der Waals surface area contributed by atoms with Gasteiger partial charge in [0.2, 0.25) is 5.91 Å². The fourth-order valence-electron chi connectivity index (χ4n) is 1.83. The van der Waals surface area contributed by atoms with Gasteiger partial charge in [-0.15, -0.1) is 0 Å². The van der Waals surface area contributed by atoms with Crippen LogP contribution in [0.15, 0.2) is 42.5 Å². The minimum atomic E-state index is -0.679. The molecule has 0 aliphatic rings. The van der Waals surface area contributed by atoms with E-state index in [0.29, 0.717) is 11.6 Å². The van der Waals surface area contributed by atoms with E-state index in [9.17, 15) is 13.6 Å². The van der Waals surface area contributed by atoms with Crippen LogP contribution in [-0.2, 0) is 11.3 Å². The number of rotatable bonds is 6. The summed E-state index contributed by atoms with van der Waals surface area (Å²) in [6, 6.07) is 10.4. The monoisotopic (exact) mass is 324 g/mol. The van der Waals surface area contributed by atoms with Gasteiger partial charge in [0.1, 0.15) is 11.6 Å². The standard InChI is InChI=1S/C16H15ClF2N2O/c17-12-3-1-11(2-4-12)10-21-16(22)7-8-20-15-6-5-13(18)9-14(15)19/h1-6,9,20H,7-8,10H2,(H,21,22). The molecular formula is C16H15ClF2N2O. The second-order valence-electron chi connectivity index (χ2n) is 4.70. The van der Waals surface area contributed by atoms with Crippen molar-refractivity contribution in [3.05, 3.63) is 64.7 Å². The summed E-state index contributed by atoms with van der Waals surface area (Å²) in [6.07, 6.45) is 0.185. The van der Waals surface area contributed by atoms with Crippen molar-refractivity contribution in [3.8, 4) is 0 Å². The normalized spacial score (nSPS) is 10.3. The molecule has 0 spiro atoms. The molecule has 2 rings (SSSR count). The zero-order chi connectivity index (χ0) is 15.9. The highest BCUT2D eigenvalue weighted by molar-refractivity contribution is 6.30. The van der Waals surface area contributed by atoms with Crippen molar-refractivity contribution >= 4 is 23.2 Å². The van der Waals surface area contributed by atoms with E-state index < -0.39 is 11.6 Å². The molecule has 1 amide bonds. The summed E-state index contributed by atoms with van der Waals surface area (Å²) in [5.74, 6) is -1.48. The third-order valence-electron chi connectivity index (χ3n) is 3.00. The molecule has 0 saturated carbocycles. The van der Waals surface area contributed by atoms with Gasteiger partial charge in [0, 0.05) is 30.6 Å². The van der Waals surface area contributed by atoms with Gasteiger partial charge in [0.15, 0.2) is 0 Å². The highest BCUT2D eigenvalue weighted by Gasteiger charge is 2.05. The van der Waals surface area contributed by atoms with Gasteiger partial charge in [-0.3, -0.25) is 4.79 Å². The van der Waals surface area contributed by atoms with E-state index in [2.05, 4.69) is 10.6 Å². The topological polar surface area (TPSA) is 41.1 Å². The van der Waals surface area contributed by atoms with Crippen LogP contribution in [0.2, 0.25) is 5.02 Å². The second kappa shape index (κ2) is 7.75. The van der Waals surface area contributed by atoms with Gasteiger partial charge in [-0.2, -0.15) is 0 Å². The summed E-state index contributed by atoms with van der Waals surface area (Å²) in [5.41, 5.74) is 1.11. The summed E-state index contributed by atoms with van der Waals surface area (Å²) in [5, 5.41) is 6.15. The molecule has 22 heavy (non-hydrogen) atoms. The first kappa shape index (κ1) is 16.2. The first-order valence-corrected chi connectivity index (χ1v) is 7.12. The molecule has 2 aromatic carbocycles. The molecule has 0 unspecified atom stereocenters. The van der Waals surface area contributed by atoms with Gasteiger partial charge in [0.05, 0.1) is 5.69 Å². The third-order valence-corrected chi connectivity index (χ3v) is 3.25. The maximum Gasteiger partial charge on any atom is 0.222 e.